The molecule has 3 rings (SSSR count). The third kappa shape index (κ3) is 5.58. The van der Waals surface area contributed by atoms with Gasteiger partial charge in [-0.05, 0) is 42.7 Å². The number of ether oxygens (including phenoxy) is 2. The largest absolute Gasteiger partial charge is 0.481 e. The van der Waals surface area contributed by atoms with Crippen molar-refractivity contribution in [1.29, 1.82) is 0 Å². The van der Waals surface area contributed by atoms with Crippen LogP contribution in [0, 0.1) is 5.82 Å². The molecule has 2 aromatic rings. The first kappa shape index (κ1) is 19.9. The van der Waals surface area contributed by atoms with E-state index in [9.17, 15) is 9.18 Å². The predicted molar refractivity (Wildman–Crippen MR) is 103 cm³/mol. The monoisotopic (exact) mass is 411 g/mol. The molecule has 0 radical (unpaired) electrons. The molecule has 1 atom stereocenters. The average molecular weight is 412 g/mol. The van der Waals surface area contributed by atoms with Crippen molar-refractivity contribution in [3.63, 3.8) is 0 Å². The van der Waals surface area contributed by atoms with Crippen molar-refractivity contribution >= 4 is 29.1 Å². The second kappa shape index (κ2) is 9.40. The summed E-state index contributed by atoms with van der Waals surface area (Å²) in [6, 6.07) is 11.2. The number of amides is 1. The summed E-state index contributed by atoms with van der Waals surface area (Å²) < 4.78 is 24.7. The highest BCUT2D eigenvalue weighted by molar-refractivity contribution is 6.35. The van der Waals surface area contributed by atoms with E-state index >= 15 is 0 Å². The number of para-hydroxylation sites is 1. The molecule has 1 saturated heterocycles. The Hall–Kier alpha value is -1.82. The lowest BCUT2D eigenvalue weighted by Gasteiger charge is -2.26. The van der Waals surface area contributed by atoms with Gasteiger partial charge in [0.05, 0.1) is 6.10 Å². The quantitative estimate of drug-likeness (QED) is 0.661. The van der Waals surface area contributed by atoms with Crippen LogP contribution >= 0.6 is 23.2 Å². The van der Waals surface area contributed by atoms with E-state index in [2.05, 4.69) is 0 Å². The average Bonchev–Trinajstić information content (AvgIpc) is 3.15. The molecular weight excluding hydrogens is 392 g/mol. The van der Waals surface area contributed by atoms with Crippen molar-refractivity contribution in [2.75, 3.05) is 19.8 Å². The molecule has 1 amide bonds. The van der Waals surface area contributed by atoms with Crippen molar-refractivity contribution in [3.05, 3.63) is 63.9 Å². The van der Waals surface area contributed by atoms with Gasteiger partial charge in [0, 0.05) is 29.7 Å². The SMILES string of the molecule is O=C(COc1ccccc1F)N(Cc1ccc(Cl)cc1Cl)C[C@H]1CCCO1. The fourth-order valence-corrected chi connectivity index (χ4v) is 3.41. The van der Waals surface area contributed by atoms with Crippen molar-refractivity contribution < 1.29 is 18.7 Å². The maximum atomic E-state index is 13.7. The number of carbonyl (C=O) groups is 1. The second-order valence-corrected chi connectivity index (χ2v) is 7.21. The van der Waals surface area contributed by atoms with Gasteiger partial charge in [-0.3, -0.25) is 4.79 Å². The summed E-state index contributed by atoms with van der Waals surface area (Å²) in [7, 11) is 0. The molecule has 0 spiro atoms. The zero-order valence-electron chi connectivity index (χ0n) is 14.7. The summed E-state index contributed by atoms with van der Waals surface area (Å²) in [4.78, 5) is 14.4. The van der Waals surface area contributed by atoms with Crippen molar-refractivity contribution in [2.45, 2.75) is 25.5 Å². The van der Waals surface area contributed by atoms with Gasteiger partial charge in [0.1, 0.15) is 0 Å². The lowest BCUT2D eigenvalue weighted by Crippen LogP contribution is -2.39. The lowest BCUT2D eigenvalue weighted by atomic mass is 10.1. The maximum absolute atomic E-state index is 13.7. The first-order valence-corrected chi connectivity index (χ1v) is 9.49. The Kier molecular flexibility index (Phi) is 6.94. The van der Waals surface area contributed by atoms with Crippen LogP contribution in [0.15, 0.2) is 42.5 Å². The third-order valence-corrected chi connectivity index (χ3v) is 4.95. The first-order valence-electron chi connectivity index (χ1n) is 8.73. The molecule has 0 saturated carbocycles. The van der Waals surface area contributed by atoms with Crippen LogP contribution in [0.1, 0.15) is 18.4 Å². The van der Waals surface area contributed by atoms with E-state index in [1.54, 1.807) is 35.2 Å². The van der Waals surface area contributed by atoms with E-state index in [0.29, 0.717) is 29.7 Å². The van der Waals surface area contributed by atoms with Gasteiger partial charge >= 0.3 is 0 Å². The second-order valence-electron chi connectivity index (χ2n) is 6.36. The molecule has 1 fully saturated rings. The highest BCUT2D eigenvalue weighted by Crippen LogP contribution is 2.24. The van der Waals surface area contributed by atoms with Gasteiger partial charge in [-0.2, -0.15) is 0 Å². The van der Waals surface area contributed by atoms with Crippen molar-refractivity contribution in [2.24, 2.45) is 0 Å². The molecule has 0 aromatic heterocycles. The summed E-state index contributed by atoms with van der Waals surface area (Å²) in [5, 5.41) is 1.02. The van der Waals surface area contributed by atoms with Crippen LogP contribution in [0.25, 0.3) is 0 Å². The Morgan fingerprint density at radius 1 is 1.26 bits per heavy atom. The van der Waals surface area contributed by atoms with Gasteiger partial charge in [-0.15, -0.1) is 0 Å². The molecule has 1 heterocycles. The minimum Gasteiger partial charge on any atom is -0.481 e. The molecule has 0 unspecified atom stereocenters. The molecule has 7 heteroatoms. The Morgan fingerprint density at radius 2 is 2.07 bits per heavy atom. The van der Waals surface area contributed by atoms with Crippen LogP contribution in [0.2, 0.25) is 10.0 Å². The molecule has 2 aromatic carbocycles. The molecule has 27 heavy (non-hydrogen) atoms. The number of nitrogens with zero attached hydrogens (tertiary/aromatic N) is 1. The van der Waals surface area contributed by atoms with Gasteiger partial charge in [-0.1, -0.05) is 41.4 Å². The Bertz CT molecular complexity index is 797. The standard InChI is InChI=1S/C20H20Cl2FNO3/c21-15-8-7-14(17(22)10-15)11-24(12-16-4-3-9-26-16)20(25)13-27-19-6-2-1-5-18(19)23/h1-2,5-8,10,16H,3-4,9,11-13H2/t16-/m1/s1. The molecular formula is C20H20Cl2FNO3. The summed E-state index contributed by atoms with van der Waals surface area (Å²) in [6.45, 7) is 1.16. The summed E-state index contributed by atoms with van der Waals surface area (Å²) in [5.74, 6) is -0.719. The van der Waals surface area contributed by atoms with E-state index in [0.717, 1.165) is 18.4 Å². The third-order valence-electron chi connectivity index (χ3n) is 4.36. The van der Waals surface area contributed by atoms with Crippen molar-refractivity contribution in [3.8, 4) is 5.75 Å². The van der Waals surface area contributed by atoms with Crippen molar-refractivity contribution in [1.82, 2.24) is 4.90 Å². The van der Waals surface area contributed by atoms with Crippen LogP contribution in [-0.4, -0.2) is 36.7 Å². The fraction of sp³-hybridized carbons (Fsp3) is 0.350. The molecule has 0 bridgehead atoms. The minimum atomic E-state index is -0.503. The summed E-state index contributed by atoms with van der Waals surface area (Å²) in [5.41, 5.74) is 0.776. The number of benzene rings is 2. The van der Waals surface area contributed by atoms with Crippen LogP contribution in [0.4, 0.5) is 4.39 Å². The van der Waals surface area contributed by atoms with Crippen LogP contribution in [0.5, 0.6) is 5.75 Å². The Labute approximate surface area is 167 Å². The van der Waals surface area contributed by atoms with Gasteiger partial charge < -0.3 is 14.4 Å². The summed E-state index contributed by atoms with van der Waals surface area (Å²) in [6.07, 6.45) is 1.85. The van der Waals surface area contributed by atoms with Gasteiger partial charge in [0.25, 0.3) is 5.91 Å². The number of rotatable bonds is 7. The molecule has 144 valence electrons. The number of carbonyl (C=O) groups excluding carboxylic acids is 1. The molecule has 1 aliphatic heterocycles. The zero-order valence-corrected chi connectivity index (χ0v) is 16.2. The number of hydrogen-bond donors (Lipinski definition) is 0. The van der Waals surface area contributed by atoms with Crippen LogP contribution < -0.4 is 4.74 Å². The van der Waals surface area contributed by atoms with Gasteiger partial charge in [-0.25, -0.2) is 4.39 Å². The zero-order chi connectivity index (χ0) is 19.2. The van der Waals surface area contributed by atoms with E-state index in [1.807, 2.05) is 0 Å². The molecule has 0 aliphatic carbocycles. The minimum absolute atomic E-state index is 0.0199. The Balaban J connectivity index is 1.70. The van der Waals surface area contributed by atoms with Crippen LogP contribution in [-0.2, 0) is 16.1 Å². The number of hydrogen-bond acceptors (Lipinski definition) is 3. The van der Waals surface area contributed by atoms with E-state index in [-0.39, 0.29) is 24.4 Å². The molecule has 4 nitrogen and oxygen atoms in total. The topological polar surface area (TPSA) is 38.8 Å². The van der Waals surface area contributed by atoms with E-state index in [1.165, 1.54) is 12.1 Å². The molecule has 0 N–H and O–H groups in total. The maximum Gasteiger partial charge on any atom is 0.260 e. The fourth-order valence-electron chi connectivity index (χ4n) is 2.94. The normalized spacial score (nSPS) is 16.3. The van der Waals surface area contributed by atoms with E-state index in [4.69, 9.17) is 32.7 Å². The number of halogens is 3. The highest BCUT2D eigenvalue weighted by Gasteiger charge is 2.24. The van der Waals surface area contributed by atoms with Gasteiger partial charge in [0.15, 0.2) is 18.2 Å². The highest BCUT2D eigenvalue weighted by atomic mass is 35.5. The lowest BCUT2D eigenvalue weighted by molar-refractivity contribution is -0.135. The van der Waals surface area contributed by atoms with E-state index < -0.39 is 5.82 Å². The first-order chi connectivity index (χ1) is 13.0. The smallest absolute Gasteiger partial charge is 0.260 e. The Morgan fingerprint density at radius 3 is 2.78 bits per heavy atom. The molecule has 1 aliphatic rings. The van der Waals surface area contributed by atoms with Crippen LogP contribution in [0.3, 0.4) is 0 Å². The van der Waals surface area contributed by atoms with Gasteiger partial charge in [0.2, 0.25) is 0 Å². The summed E-state index contributed by atoms with van der Waals surface area (Å²) >= 11 is 12.2. The predicted octanol–water partition coefficient (Wildman–Crippen LogP) is 4.72.